The first-order chi connectivity index (χ1) is 11.8. The van der Waals surface area contributed by atoms with Crippen molar-refractivity contribution in [3.63, 3.8) is 0 Å². The van der Waals surface area contributed by atoms with Crippen molar-refractivity contribution in [3.8, 4) is 5.75 Å². The molecule has 1 fully saturated rings. The molecule has 1 heterocycles. The van der Waals surface area contributed by atoms with E-state index in [1.165, 1.54) is 5.39 Å². The minimum Gasteiger partial charge on any atom is -0.492 e. The Morgan fingerprint density at radius 1 is 1.04 bits per heavy atom. The molecule has 1 saturated heterocycles. The first-order valence-corrected chi connectivity index (χ1v) is 8.52. The molecule has 0 radical (unpaired) electrons. The van der Waals surface area contributed by atoms with Gasteiger partial charge in [-0.25, -0.2) is 4.79 Å². The molecular formula is C19H24N2O3. The summed E-state index contributed by atoms with van der Waals surface area (Å²) in [6, 6.07) is 14.4. The van der Waals surface area contributed by atoms with Crippen molar-refractivity contribution in [1.82, 2.24) is 9.80 Å². The van der Waals surface area contributed by atoms with Gasteiger partial charge in [0.1, 0.15) is 12.4 Å². The van der Waals surface area contributed by atoms with E-state index in [2.05, 4.69) is 23.1 Å². The number of piperazine rings is 1. The predicted octanol–water partition coefficient (Wildman–Crippen LogP) is 2.99. The molecule has 0 atom stereocenters. The first kappa shape index (κ1) is 16.6. The van der Waals surface area contributed by atoms with Crippen LogP contribution in [-0.4, -0.2) is 61.8 Å². The van der Waals surface area contributed by atoms with Crippen molar-refractivity contribution in [1.29, 1.82) is 0 Å². The van der Waals surface area contributed by atoms with Crippen LogP contribution in [0.2, 0.25) is 0 Å². The number of benzene rings is 2. The summed E-state index contributed by atoms with van der Waals surface area (Å²) in [5.74, 6) is 0.929. The lowest BCUT2D eigenvalue weighted by atomic mass is 10.1. The van der Waals surface area contributed by atoms with Crippen molar-refractivity contribution in [2.45, 2.75) is 6.92 Å². The molecule has 0 bridgehead atoms. The standard InChI is InChI=1S/C19H24N2O3/c1-2-23-19(22)21-12-10-20(11-13-21)14-15-24-18-9-5-7-16-6-3-4-8-17(16)18/h3-9H,2,10-15H2,1H3. The molecule has 128 valence electrons. The zero-order valence-electron chi connectivity index (χ0n) is 14.1. The van der Waals surface area contributed by atoms with E-state index in [1.807, 2.05) is 31.2 Å². The van der Waals surface area contributed by atoms with Gasteiger partial charge in [-0.15, -0.1) is 0 Å². The third-order valence-electron chi connectivity index (χ3n) is 4.31. The lowest BCUT2D eigenvalue weighted by Gasteiger charge is -2.33. The molecule has 1 amide bonds. The number of rotatable bonds is 5. The SMILES string of the molecule is CCOC(=O)N1CCN(CCOc2cccc3ccccc23)CC1. The summed E-state index contributed by atoms with van der Waals surface area (Å²) in [7, 11) is 0. The molecule has 24 heavy (non-hydrogen) atoms. The maximum atomic E-state index is 11.7. The van der Waals surface area contributed by atoms with Crippen molar-refractivity contribution in [2.75, 3.05) is 45.9 Å². The summed E-state index contributed by atoms with van der Waals surface area (Å²) in [6.45, 7) is 6.92. The number of hydrogen-bond donors (Lipinski definition) is 0. The maximum Gasteiger partial charge on any atom is 0.409 e. The Hall–Kier alpha value is -2.27. The lowest BCUT2D eigenvalue weighted by molar-refractivity contribution is 0.0758. The van der Waals surface area contributed by atoms with Gasteiger partial charge < -0.3 is 14.4 Å². The van der Waals surface area contributed by atoms with Gasteiger partial charge in [-0.1, -0.05) is 36.4 Å². The minimum atomic E-state index is -0.204. The highest BCUT2D eigenvalue weighted by atomic mass is 16.6. The zero-order chi connectivity index (χ0) is 16.8. The first-order valence-electron chi connectivity index (χ1n) is 8.52. The van der Waals surface area contributed by atoms with Crippen LogP contribution < -0.4 is 4.74 Å². The van der Waals surface area contributed by atoms with Gasteiger partial charge in [-0.05, 0) is 18.4 Å². The smallest absolute Gasteiger partial charge is 0.409 e. The van der Waals surface area contributed by atoms with Gasteiger partial charge in [0, 0.05) is 38.1 Å². The van der Waals surface area contributed by atoms with E-state index in [-0.39, 0.29) is 6.09 Å². The molecule has 3 rings (SSSR count). The van der Waals surface area contributed by atoms with Gasteiger partial charge in [0.15, 0.2) is 0 Å². The fourth-order valence-electron chi connectivity index (χ4n) is 2.98. The Bertz CT molecular complexity index is 676. The maximum absolute atomic E-state index is 11.7. The highest BCUT2D eigenvalue weighted by Crippen LogP contribution is 2.25. The molecule has 5 nitrogen and oxygen atoms in total. The predicted molar refractivity (Wildman–Crippen MR) is 94.5 cm³/mol. The Morgan fingerprint density at radius 2 is 1.79 bits per heavy atom. The van der Waals surface area contributed by atoms with E-state index in [0.29, 0.717) is 26.3 Å². The van der Waals surface area contributed by atoms with Crippen LogP contribution in [0.25, 0.3) is 10.8 Å². The lowest BCUT2D eigenvalue weighted by Crippen LogP contribution is -2.49. The summed E-state index contributed by atoms with van der Waals surface area (Å²) in [6.07, 6.45) is -0.204. The van der Waals surface area contributed by atoms with Crippen LogP contribution in [-0.2, 0) is 4.74 Å². The third kappa shape index (κ3) is 3.97. The average molecular weight is 328 g/mol. The topological polar surface area (TPSA) is 42.0 Å². The molecule has 1 aliphatic rings. The Labute approximate surface area is 142 Å². The Balaban J connectivity index is 1.46. The van der Waals surface area contributed by atoms with Crippen LogP contribution in [0.1, 0.15) is 6.92 Å². The van der Waals surface area contributed by atoms with Crippen molar-refractivity contribution in [3.05, 3.63) is 42.5 Å². The summed E-state index contributed by atoms with van der Waals surface area (Å²) in [5.41, 5.74) is 0. The summed E-state index contributed by atoms with van der Waals surface area (Å²) >= 11 is 0. The van der Waals surface area contributed by atoms with Crippen molar-refractivity contribution < 1.29 is 14.3 Å². The van der Waals surface area contributed by atoms with E-state index >= 15 is 0 Å². The summed E-state index contributed by atoms with van der Waals surface area (Å²) in [4.78, 5) is 15.8. The fraction of sp³-hybridized carbons (Fsp3) is 0.421. The van der Waals surface area contributed by atoms with E-state index in [1.54, 1.807) is 4.90 Å². The van der Waals surface area contributed by atoms with Crippen LogP contribution in [0.3, 0.4) is 0 Å². The fourth-order valence-corrected chi connectivity index (χ4v) is 2.98. The molecule has 0 aliphatic carbocycles. The highest BCUT2D eigenvalue weighted by Gasteiger charge is 2.21. The Morgan fingerprint density at radius 3 is 2.58 bits per heavy atom. The highest BCUT2D eigenvalue weighted by molar-refractivity contribution is 5.88. The third-order valence-corrected chi connectivity index (χ3v) is 4.31. The molecule has 0 N–H and O–H groups in total. The Kier molecular flexibility index (Phi) is 5.54. The van der Waals surface area contributed by atoms with Crippen LogP contribution in [0, 0.1) is 0 Å². The van der Waals surface area contributed by atoms with Gasteiger partial charge in [-0.3, -0.25) is 4.90 Å². The second-order valence-corrected chi connectivity index (χ2v) is 5.85. The molecule has 2 aromatic rings. The molecule has 0 unspecified atom stereocenters. The van der Waals surface area contributed by atoms with E-state index in [0.717, 1.165) is 30.8 Å². The number of ether oxygens (including phenoxy) is 2. The van der Waals surface area contributed by atoms with E-state index in [9.17, 15) is 4.79 Å². The van der Waals surface area contributed by atoms with Gasteiger partial charge in [-0.2, -0.15) is 0 Å². The van der Waals surface area contributed by atoms with Gasteiger partial charge in [0.2, 0.25) is 0 Å². The van der Waals surface area contributed by atoms with Crippen molar-refractivity contribution in [2.24, 2.45) is 0 Å². The van der Waals surface area contributed by atoms with Crippen LogP contribution >= 0.6 is 0 Å². The molecule has 0 saturated carbocycles. The van der Waals surface area contributed by atoms with Crippen LogP contribution in [0.4, 0.5) is 4.79 Å². The molecule has 2 aromatic carbocycles. The molecular weight excluding hydrogens is 304 g/mol. The van der Waals surface area contributed by atoms with E-state index < -0.39 is 0 Å². The van der Waals surface area contributed by atoms with E-state index in [4.69, 9.17) is 9.47 Å². The van der Waals surface area contributed by atoms with Crippen LogP contribution in [0.5, 0.6) is 5.75 Å². The number of hydrogen-bond acceptors (Lipinski definition) is 4. The van der Waals surface area contributed by atoms with Gasteiger partial charge in [0.25, 0.3) is 0 Å². The number of nitrogens with zero attached hydrogens (tertiary/aromatic N) is 2. The molecule has 0 aromatic heterocycles. The van der Waals surface area contributed by atoms with Crippen LogP contribution in [0.15, 0.2) is 42.5 Å². The zero-order valence-corrected chi connectivity index (χ0v) is 14.1. The minimum absolute atomic E-state index is 0.204. The number of carbonyl (C=O) groups excluding carboxylic acids is 1. The second-order valence-electron chi connectivity index (χ2n) is 5.85. The molecule has 0 spiro atoms. The molecule has 5 heteroatoms. The number of fused-ring (bicyclic) bond motifs is 1. The summed E-state index contributed by atoms with van der Waals surface area (Å²) in [5, 5.41) is 2.34. The number of amides is 1. The number of carbonyl (C=O) groups is 1. The average Bonchev–Trinajstić information content (AvgIpc) is 2.63. The van der Waals surface area contributed by atoms with Gasteiger partial charge in [0.05, 0.1) is 6.61 Å². The largest absolute Gasteiger partial charge is 0.492 e. The quantitative estimate of drug-likeness (QED) is 0.846. The second kappa shape index (κ2) is 8.02. The van der Waals surface area contributed by atoms with Crippen molar-refractivity contribution >= 4 is 16.9 Å². The normalized spacial score (nSPS) is 15.5. The van der Waals surface area contributed by atoms with Gasteiger partial charge >= 0.3 is 6.09 Å². The molecule has 1 aliphatic heterocycles. The monoisotopic (exact) mass is 328 g/mol. The summed E-state index contributed by atoms with van der Waals surface area (Å²) < 4.78 is 11.0.